The average Bonchev–Trinajstić information content (AvgIpc) is 2.92. The van der Waals surface area contributed by atoms with Gasteiger partial charge in [0.25, 0.3) is 5.91 Å². The maximum absolute atomic E-state index is 12.7. The molecular weight excluding hydrogens is 272 g/mol. The summed E-state index contributed by atoms with van der Waals surface area (Å²) in [5, 5.41) is 0. The third-order valence-electron chi connectivity index (χ3n) is 4.63. The van der Waals surface area contributed by atoms with E-state index in [1.807, 2.05) is 48.2 Å². The van der Waals surface area contributed by atoms with Crippen LogP contribution in [0.2, 0.25) is 0 Å². The smallest absolute Gasteiger partial charge is 0.253 e. The fourth-order valence-corrected chi connectivity index (χ4v) is 3.10. The molecule has 2 atom stereocenters. The molecule has 3 heteroatoms. The Bertz CT molecular complexity index is 681. The summed E-state index contributed by atoms with van der Waals surface area (Å²) in [6, 6.07) is 16.1. The molecule has 1 saturated heterocycles. The first kappa shape index (κ1) is 14.8. The Morgan fingerprint density at radius 1 is 1.05 bits per heavy atom. The van der Waals surface area contributed by atoms with E-state index in [4.69, 9.17) is 5.73 Å². The third-order valence-corrected chi connectivity index (χ3v) is 4.63. The molecule has 1 aliphatic heterocycles. The molecule has 1 heterocycles. The van der Waals surface area contributed by atoms with Crippen molar-refractivity contribution in [2.45, 2.75) is 25.8 Å². The lowest BCUT2D eigenvalue weighted by atomic mass is 9.95. The van der Waals surface area contributed by atoms with Crippen molar-refractivity contribution in [1.82, 2.24) is 4.90 Å². The molecule has 0 saturated carbocycles. The first-order valence-corrected chi connectivity index (χ1v) is 7.73. The number of benzene rings is 2. The fourth-order valence-electron chi connectivity index (χ4n) is 3.10. The standard InChI is InChI=1S/C19H22N2O/c1-13-8-9-16(10-14(13)2)19(22)21-11-17(18(20)12-21)15-6-4-3-5-7-15/h3-10,17-18H,11-12,20H2,1-2H3/t17-,18+/m0/s1. The van der Waals surface area contributed by atoms with Crippen LogP contribution in [0.15, 0.2) is 48.5 Å². The predicted molar refractivity (Wildman–Crippen MR) is 89.0 cm³/mol. The normalized spacial score (nSPS) is 21.1. The van der Waals surface area contributed by atoms with Gasteiger partial charge in [0, 0.05) is 30.6 Å². The van der Waals surface area contributed by atoms with E-state index < -0.39 is 0 Å². The van der Waals surface area contributed by atoms with Crippen LogP contribution < -0.4 is 5.73 Å². The molecule has 0 aliphatic carbocycles. The second-order valence-corrected chi connectivity index (χ2v) is 6.19. The summed E-state index contributed by atoms with van der Waals surface area (Å²) in [6.45, 7) is 5.40. The number of aryl methyl sites for hydroxylation is 2. The molecule has 1 fully saturated rings. The number of hydrogen-bond donors (Lipinski definition) is 1. The average molecular weight is 294 g/mol. The highest BCUT2D eigenvalue weighted by Crippen LogP contribution is 2.27. The molecule has 0 unspecified atom stereocenters. The van der Waals surface area contributed by atoms with Gasteiger partial charge in [-0.3, -0.25) is 4.79 Å². The molecule has 2 aromatic rings. The molecular formula is C19H22N2O. The summed E-state index contributed by atoms with van der Waals surface area (Å²) in [5.74, 6) is 0.300. The first-order chi connectivity index (χ1) is 10.6. The topological polar surface area (TPSA) is 46.3 Å². The molecule has 3 nitrogen and oxygen atoms in total. The zero-order valence-corrected chi connectivity index (χ0v) is 13.1. The summed E-state index contributed by atoms with van der Waals surface area (Å²) in [6.07, 6.45) is 0. The van der Waals surface area contributed by atoms with Gasteiger partial charge < -0.3 is 10.6 Å². The minimum atomic E-state index is -0.00195. The van der Waals surface area contributed by atoms with Gasteiger partial charge in [-0.25, -0.2) is 0 Å². The maximum Gasteiger partial charge on any atom is 0.253 e. The van der Waals surface area contributed by atoms with Crippen LogP contribution >= 0.6 is 0 Å². The van der Waals surface area contributed by atoms with Crippen molar-refractivity contribution in [3.8, 4) is 0 Å². The number of amides is 1. The largest absolute Gasteiger partial charge is 0.336 e. The number of hydrogen-bond acceptors (Lipinski definition) is 2. The molecule has 0 bridgehead atoms. The van der Waals surface area contributed by atoms with Gasteiger partial charge >= 0.3 is 0 Å². The summed E-state index contributed by atoms with van der Waals surface area (Å²) < 4.78 is 0. The van der Waals surface area contributed by atoms with Crippen LogP contribution in [-0.4, -0.2) is 29.9 Å². The summed E-state index contributed by atoms with van der Waals surface area (Å²) in [5.41, 5.74) is 10.6. The first-order valence-electron chi connectivity index (χ1n) is 7.73. The van der Waals surface area contributed by atoms with Crippen LogP contribution in [-0.2, 0) is 0 Å². The highest BCUT2D eigenvalue weighted by molar-refractivity contribution is 5.94. The van der Waals surface area contributed by atoms with E-state index in [-0.39, 0.29) is 17.9 Å². The van der Waals surface area contributed by atoms with Crippen molar-refractivity contribution < 1.29 is 4.79 Å². The summed E-state index contributed by atoms with van der Waals surface area (Å²) >= 11 is 0. The molecule has 1 amide bonds. The van der Waals surface area contributed by atoms with Gasteiger partial charge in [0.15, 0.2) is 0 Å². The van der Waals surface area contributed by atoms with Gasteiger partial charge in [-0.2, -0.15) is 0 Å². The minimum absolute atomic E-state index is 0.00195. The Hall–Kier alpha value is -2.13. The SMILES string of the molecule is Cc1ccc(C(=O)N2C[C@@H](N)[C@H](c3ccccc3)C2)cc1C. The fraction of sp³-hybridized carbons (Fsp3) is 0.316. The Morgan fingerprint density at radius 3 is 2.45 bits per heavy atom. The minimum Gasteiger partial charge on any atom is -0.336 e. The van der Waals surface area contributed by atoms with Crippen LogP contribution in [0.25, 0.3) is 0 Å². The number of rotatable bonds is 2. The van der Waals surface area contributed by atoms with Crippen molar-refractivity contribution in [2.24, 2.45) is 5.73 Å². The lowest BCUT2D eigenvalue weighted by molar-refractivity contribution is 0.0789. The molecule has 22 heavy (non-hydrogen) atoms. The van der Waals surface area contributed by atoms with Gasteiger partial charge in [-0.05, 0) is 42.7 Å². The molecule has 1 aliphatic rings. The molecule has 2 N–H and O–H groups in total. The van der Waals surface area contributed by atoms with Gasteiger partial charge in [-0.1, -0.05) is 36.4 Å². The molecule has 3 rings (SSSR count). The van der Waals surface area contributed by atoms with Crippen LogP contribution in [0.4, 0.5) is 0 Å². The van der Waals surface area contributed by atoms with Crippen molar-refractivity contribution in [2.75, 3.05) is 13.1 Å². The Kier molecular flexibility index (Phi) is 3.99. The summed E-state index contributed by atoms with van der Waals surface area (Å²) in [4.78, 5) is 14.6. The monoisotopic (exact) mass is 294 g/mol. The van der Waals surface area contributed by atoms with Gasteiger partial charge in [0.1, 0.15) is 0 Å². The van der Waals surface area contributed by atoms with E-state index in [0.29, 0.717) is 13.1 Å². The van der Waals surface area contributed by atoms with Crippen LogP contribution in [0, 0.1) is 13.8 Å². The van der Waals surface area contributed by atoms with Crippen molar-refractivity contribution in [1.29, 1.82) is 0 Å². The molecule has 0 spiro atoms. The van der Waals surface area contributed by atoms with E-state index in [1.54, 1.807) is 0 Å². The van der Waals surface area contributed by atoms with Crippen molar-refractivity contribution >= 4 is 5.91 Å². The molecule has 0 radical (unpaired) electrons. The number of nitrogens with two attached hydrogens (primary N) is 1. The molecule has 0 aromatic heterocycles. The zero-order chi connectivity index (χ0) is 15.7. The van der Waals surface area contributed by atoms with E-state index in [0.717, 1.165) is 11.1 Å². The van der Waals surface area contributed by atoms with E-state index in [2.05, 4.69) is 19.1 Å². The number of carbonyl (C=O) groups is 1. The van der Waals surface area contributed by atoms with Crippen LogP contribution in [0.3, 0.4) is 0 Å². The molecule has 114 valence electrons. The van der Waals surface area contributed by atoms with E-state index >= 15 is 0 Å². The third kappa shape index (κ3) is 2.77. The summed E-state index contributed by atoms with van der Waals surface area (Å²) in [7, 11) is 0. The van der Waals surface area contributed by atoms with Crippen LogP contribution in [0.1, 0.15) is 33.0 Å². The highest BCUT2D eigenvalue weighted by atomic mass is 16.2. The van der Waals surface area contributed by atoms with Crippen molar-refractivity contribution in [3.05, 3.63) is 70.8 Å². The van der Waals surface area contributed by atoms with E-state index in [9.17, 15) is 4.79 Å². The van der Waals surface area contributed by atoms with Crippen LogP contribution in [0.5, 0.6) is 0 Å². The lowest BCUT2D eigenvalue weighted by Gasteiger charge is -2.17. The second kappa shape index (κ2) is 5.93. The number of carbonyl (C=O) groups excluding carboxylic acids is 1. The Morgan fingerprint density at radius 2 is 1.77 bits per heavy atom. The lowest BCUT2D eigenvalue weighted by Crippen LogP contribution is -2.32. The Balaban J connectivity index is 1.79. The number of nitrogens with zero attached hydrogens (tertiary/aromatic N) is 1. The molecule has 2 aromatic carbocycles. The predicted octanol–water partition coefficient (Wildman–Crippen LogP) is 2.87. The van der Waals surface area contributed by atoms with Gasteiger partial charge in [0.05, 0.1) is 0 Å². The van der Waals surface area contributed by atoms with Crippen molar-refractivity contribution in [3.63, 3.8) is 0 Å². The zero-order valence-electron chi connectivity index (χ0n) is 13.1. The number of likely N-dealkylation sites (tertiary alicyclic amines) is 1. The van der Waals surface area contributed by atoms with Gasteiger partial charge in [-0.15, -0.1) is 0 Å². The van der Waals surface area contributed by atoms with Gasteiger partial charge in [0.2, 0.25) is 0 Å². The quantitative estimate of drug-likeness (QED) is 0.925. The second-order valence-electron chi connectivity index (χ2n) is 6.19. The maximum atomic E-state index is 12.7. The highest BCUT2D eigenvalue weighted by Gasteiger charge is 2.34. The van der Waals surface area contributed by atoms with E-state index in [1.165, 1.54) is 11.1 Å². The Labute approximate surface area is 131 Å².